The number of hydrogen-bond acceptors (Lipinski definition) is 5. The van der Waals surface area contributed by atoms with Crippen LogP contribution in [-0.2, 0) is 21.3 Å². The highest BCUT2D eigenvalue weighted by molar-refractivity contribution is 7.89. The number of nitrogens with zero attached hydrogens (tertiary/aromatic N) is 1. The predicted molar refractivity (Wildman–Crippen MR) is 75.8 cm³/mol. The first kappa shape index (κ1) is 15.4. The molecule has 6 nitrogen and oxygen atoms in total. The van der Waals surface area contributed by atoms with Crippen molar-refractivity contribution < 1.29 is 13.2 Å². The van der Waals surface area contributed by atoms with Gasteiger partial charge in [-0.25, -0.2) is 18.1 Å². The molecule has 7 heteroatoms. The minimum Gasteiger partial charge on any atom is -0.380 e. The van der Waals surface area contributed by atoms with Crippen LogP contribution in [0.4, 0.5) is 0 Å². The Balaban J connectivity index is 2.13. The lowest BCUT2D eigenvalue weighted by Crippen LogP contribution is -2.51. The summed E-state index contributed by atoms with van der Waals surface area (Å²) in [6, 6.07) is 3.29. The van der Waals surface area contributed by atoms with E-state index in [0.717, 1.165) is 18.4 Å². The van der Waals surface area contributed by atoms with Crippen molar-refractivity contribution in [3.63, 3.8) is 0 Å². The van der Waals surface area contributed by atoms with Crippen LogP contribution in [0.1, 0.15) is 25.3 Å². The molecule has 1 atom stereocenters. The van der Waals surface area contributed by atoms with E-state index in [2.05, 4.69) is 15.0 Å². The highest BCUT2D eigenvalue weighted by atomic mass is 32.2. The summed E-state index contributed by atoms with van der Waals surface area (Å²) >= 11 is 0. The first-order chi connectivity index (χ1) is 9.45. The van der Waals surface area contributed by atoms with Gasteiger partial charge in [0.25, 0.3) is 10.0 Å². The summed E-state index contributed by atoms with van der Waals surface area (Å²) in [5.41, 5.74) is 0.390. The van der Waals surface area contributed by atoms with Crippen LogP contribution in [-0.4, -0.2) is 39.2 Å². The molecule has 1 unspecified atom stereocenters. The number of aromatic nitrogens is 1. The van der Waals surface area contributed by atoms with Gasteiger partial charge >= 0.3 is 0 Å². The average Bonchev–Trinajstić information content (AvgIpc) is 2.39. The molecule has 0 saturated carbocycles. The lowest BCUT2D eigenvalue weighted by molar-refractivity contribution is 0.0386. The van der Waals surface area contributed by atoms with Crippen LogP contribution < -0.4 is 10.0 Å². The molecule has 0 radical (unpaired) electrons. The molecule has 0 spiro atoms. The van der Waals surface area contributed by atoms with Gasteiger partial charge in [-0.1, -0.05) is 6.07 Å². The van der Waals surface area contributed by atoms with Crippen LogP contribution in [0.3, 0.4) is 0 Å². The Morgan fingerprint density at radius 1 is 1.45 bits per heavy atom. The second-order valence-corrected chi connectivity index (χ2v) is 6.99. The van der Waals surface area contributed by atoms with E-state index in [9.17, 15) is 8.42 Å². The molecule has 0 aliphatic carbocycles. The molecule has 2 rings (SSSR count). The maximum Gasteiger partial charge on any atom is 0.258 e. The highest BCUT2D eigenvalue weighted by Gasteiger charge is 2.33. The van der Waals surface area contributed by atoms with Crippen molar-refractivity contribution in [1.29, 1.82) is 0 Å². The van der Waals surface area contributed by atoms with Gasteiger partial charge in [0.05, 0.1) is 12.1 Å². The van der Waals surface area contributed by atoms with Crippen LogP contribution in [0, 0.1) is 0 Å². The lowest BCUT2D eigenvalue weighted by Gasteiger charge is -2.33. The molecule has 20 heavy (non-hydrogen) atoms. The summed E-state index contributed by atoms with van der Waals surface area (Å²) in [6.45, 7) is 3.60. The number of hydrogen-bond donors (Lipinski definition) is 2. The standard InChI is InChI=1S/C13H21N3O3S/c1-13(6-3-7-19-10-13)16-20(17,18)12-5-4-11(8-14-2)9-15-12/h4-5,9,14,16H,3,6-8,10H2,1-2H3. The van der Waals surface area contributed by atoms with Crippen molar-refractivity contribution in [2.45, 2.75) is 36.9 Å². The van der Waals surface area contributed by atoms with Gasteiger partial charge in [0.2, 0.25) is 0 Å². The molecule has 1 aromatic heterocycles. The van der Waals surface area contributed by atoms with Crippen molar-refractivity contribution >= 4 is 10.0 Å². The molecule has 0 amide bonds. The number of ether oxygens (including phenoxy) is 1. The molecule has 0 bridgehead atoms. The Morgan fingerprint density at radius 3 is 2.80 bits per heavy atom. The monoisotopic (exact) mass is 299 g/mol. The third kappa shape index (κ3) is 3.76. The lowest BCUT2D eigenvalue weighted by atomic mass is 9.97. The van der Waals surface area contributed by atoms with E-state index in [-0.39, 0.29) is 5.03 Å². The second-order valence-electron chi connectivity index (χ2n) is 5.36. The molecule has 1 aliphatic heterocycles. The highest BCUT2D eigenvalue weighted by Crippen LogP contribution is 2.21. The van der Waals surface area contributed by atoms with Crippen molar-refractivity contribution in [2.75, 3.05) is 20.3 Å². The van der Waals surface area contributed by atoms with E-state index in [1.54, 1.807) is 12.3 Å². The topological polar surface area (TPSA) is 80.3 Å². The van der Waals surface area contributed by atoms with E-state index < -0.39 is 15.6 Å². The van der Waals surface area contributed by atoms with E-state index in [0.29, 0.717) is 19.8 Å². The fourth-order valence-corrected chi connectivity index (χ4v) is 3.62. The van der Waals surface area contributed by atoms with Crippen molar-refractivity contribution in [3.05, 3.63) is 23.9 Å². The fraction of sp³-hybridized carbons (Fsp3) is 0.615. The zero-order valence-corrected chi connectivity index (χ0v) is 12.7. The predicted octanol–water partition coefficient (Wildman–Crippen LogP) is 0.648. The summed E-state index contributed by atoms with van der Waals surface area (Å²) in [7, 11) is -1.78. The Labute approximate surface area is 120 Å². The number of pyridine rings is 1. The minimum absolute atomic E-state index is 0.0455. The van der Waals surface area contributed by atoms with E-state index in [1.165, 1.54) is 6.07 Å². The van der Waals surface area contributed by atoms with Gasteiger partial charge < -0.3 is 10.1 Å². The van der Waals surface area contributed by atoms with Crippen LogP contribution in [0.5, 0.6) is 0 Å². The van der Waals surface area contributed by atoms with Gasteiger partial charge in [-0.3, -0.25) is 0 Å². The fourth-order valence-electron chi connectivity index (χ4n) is 2.27. The normalized spacial score (nSPS) is 23.7. The Bertz CT molecular complexity index is 536. The molecule has 2 heterocycles. The van der Waals surface area contributed by atoms with Gasteiger partial charge in [0.1, 0.15) is 0 Å². The van der Waals surface area contributed by atoms with E-state index >= 15 is 0 Å². The summed E-state index contributed by atoms with van der Waals surface area (Å²) in [6.07, 6.45) is 3.20. The van der Waals surface area contributed by atoms with Gasteiger partial charge in [0, 0.05) is 19.3 Å². The van der Waals surface area contributed by atoms with E-state index in [1.807, 2.05) is 14.0 Å². The molecule has 0 aromatic carbocycles. The first-order valence-electron chi connectivity index (χ1n) is 6.66. The minimum atomic E-state index is -3.61. The van der Waals surface area contributed by atoms with Gasteiger partial charge in [-0.05, 0) is 38.4 Å². The van der Waals surface area contributed by atoms with Crippen LogP contribution in [0.15, 0.2) is 23.4 Å². The molecule has 112 valence electrons. The maximum atomic E-state index is 12.3. The molecular weight excluding hydrogens is 278 g/mol. The third-order valence-corrected chi connectivity index (χ3v) is 4.83. The van der Waals surface area contributed by atoms with Gasteiger partial charge in [0.15, 0.2) is 5.03 Å². The zero-order chi connectivity index (χ0) is 14.6. The number of nitrogens with one attached hydrogen (secondary N) is 2. The first-order valence-corrected chi connectivity index (χ1v) is 8.15. The molecule has 1 saturated heterocycles. The van der Waals surface area contributed by atoms with Crippen molar-refractivity contribution in [2.24, 2.45) is 0 Å². The maximum absolute atomic E-state index is 12.3. The summed E-state index contributed by atoms with van der Waals surface area (Å²) in [5.74, 6) is 0. The van der Waals surface area contributed by atoms with Gasteiger partial charge in [-0.15, -0.1) is 0 Å². The van der Waals surface area contributed by atoms with Gasteiger partial charge in [-0.2, -0.15) is 0 Å². The molecule has 1 aromatic rings. The molecule has 1 aliphatic rings. The smallest absolute Gasteiger partial charge is 0.258 e. The summed E-state index contributed by atoms with van der Waals surface area (Å²) in [4.78, 5) is 4.03. The molecular formula is C13H21N3O3S. The quantitative estimate of drug-likeness (QED) is 0.834. The van der Waals surface area contributed by atoms with Crippen LogP contribution >= 0.6 is 0 Å². The summed E-state index contributed by atoms with van der Waals surface area (Å²) in [5, 5.41) is 3.04. The second kappa shape index (κ2) is 6.17. The average molecular weight is 299 g/mol. The summed E-state index contributed by atoms with van der Waals surface area (Å²) < 4.78 is 32.7. The van der Waals surface area contributed by atoms with Crippen LogP contribution in [0.2, 0.25) is 0 Å². The van der Waals surface area contributed by atoms with E-state index in [4.69, 9.17) is 4.74 Å². The third-order valence-electron chi connectivity index (χ3n) is 3.27. The number of sulfonamides is 1. The van der Waals surface area contributed by atoms with Crippen molar-refractivity contribution in [3.8, 4) is 0 Å². The SMILES string of the molecule is CNCc1ccc(S(=O)(=O)NC2(C)CCCOC2)nc1. The molecule has 1 fully saturated rings. The largest absolute Gasteiger partial charge is 0.380 e. The Hall–Kier alpha value is -1.02. The number of rotatable bonds is 5. The Kier molecular flexibility index (Phi) is 4.74. The van der Waals surface area contributed by atoms with Crippen molar-refractivity contribution in [1.82, 2.24) is 15.0 Å². The van der Waals surface area contributed by atoms with Crippen LogP contribution in [0.25, 0.3) is 0 Å². The Morgan fingerprint density at radius 2 is 2.25 bits per heavy atom. The molecule has 2 N–H and O–H groups in total. The zero-order valence-electron chi connectivity index (χ0n) is 11.8.